The summed E-state index contributed by atoms with van der Waals surface area (Å²) in [4.78, 5) is 12.9. The molecule has 0 fully saturated rings. The Morgan fingerprint density at radius 2 is 2.07 bits per heavy atom. The predicted octanol–water partition coefficient (Wildman–Crippen LogP) is 2.60. The molecule has 0 spiro atoms. The van der Waals surface area contributed by atoms with Crippen LogP contribution >= 0.6 is 0 Å². The number of fused-ring (bicyclic) bond motifs is 1. The normalized spacial score (nSPS) is 16.9. The van der Waals surface area contributed by atoms with Crippen LogP contribution in [0.15, 0.2) is 41.6 Å². The van der Waals surface area contributed by atoms with E-state index in [1.165, 1.54) is 19.2 Å². The second-order valence-corrected chi connectivity index (χ2v) is 6.64. The fourth-order valence-corrected chi connectivity index (χ4v) is 3.59. The van der Waals surface area contributed by atoms with Gasteiger partial charge in [-0.3, -0.25) is 0 Å². The van der Waals surface area contributed by atoms with Crippen LogP contribution < -0.4 is 15.8 Å². The number of aromatic nitrogens is 3. The highest BCUT2D eigenvalue weighted by atomic mass is 19.1. The van der Waals surface area contributed by atoms with Gasteiger partial charge in [0.2, 0.25) is 11.8 Å². The van der Waals surface area contributed by atoms with Crippen molar-refractivity contribution < 1.29 is 14.3 Å². The van der Waals surface area contributed by atoms with E-state index in [2.05, 4.69) is 25.4 Å². The number of anilines is 1. The van der Waals surface area contributed by atoms with Crippen LogP contribution in [0.2, 0.25) is 0 Å². The maximum Gasteiger partial charge on any atom is 0.220 e. The van der Waals surface area contributed by atoms with Gasteiger partial charge in [-0.2, -0.15) is 0 Å². The molecule has 29 heavy (non-hydrogen) atoms. The molecule has 8 nitrogen and oxygen atoms in total. The van der Waals surface area contributed by atoms with E-state index in [9.17, 15) is 9.60 Å². The SMILES string of the molecule is COc1cccc(-c2cc(F)ccc2C2Cc3nc(N)nc(C)c3C(=NO)N2)n1. The standard InChI is InChI=1S/C20H19FN6O2/c1-10-18-16(26-20(22)23-10)9-15(25-19(18)27-28)12-7-6-11(21)8-13(12)14-4-3-5-17(24-14)29-2/h3-8,15,28H,9H2,1-2H3,(H,25,27)(H2,22,23,26). The first-order valence-electron chi connectivity index (χ1n) is 8.93. The van der Waals surface area contributed by atoms with E-state index in [4.69, 9.17) is 10.5 Å². The number of nitrogens with two attached hydrogens (primary N) is 1. The quantitative estimate of drug-likeness (QED) is 0.461. The second kappa shape index (κ2) is 7.34. The highest BCUT2D eigenvalue weighted by Crippen LogP contribution is 2.34. The molecule has 148 valence electrons. The Labute approximate surface area is 166 Å². The van der Waals surface area contributed by atoms with E-state index in [1.54, 1.807) is 31.2 Å². The molecule has 1 aromatic carbocycles. The monoisotopic (exact) mass is 394 g/mol. The summed E-state index contributed by atoms with van der Waals surface area (Å²) in [7, 11) is 1.52. The molecule has 1 aliphatic rings. The molecule has 0 amide bonds. The maximum atomic E-state index is 14.1. The number of ether oxygens (including phenoxy) is 1. The van der Waals surface area contributed by atoms with E-state index < -0.39 is 0 Å². The smallest absolute Gasteiger partial charge is 0.220 e. The number of amidine groups is 1. The maximum absolute atomic E-state index is 14.1. The minimum absolute atomic E-state index is 0.146. The Hall–Kier alpha value is -3.75. The Morgan fingerprint density at radius 3 is 2.83 bits per heavy atom. The van der Waals surface area contributed by atoms with Crippen molar-refractivity contribution in [1.29, 1.82) is 0 Å². The number of benzene rings is 1. The number of halogens is 1. The predicted molar refractivity (Wildman–Crippen MR) is 105 cm³/mol. The first-order chi connectivity index (χ1) is 14.0. The van der Waals surface area contributed by atoms with Crippen molar-refractivity contribution in [3.63, 3.8) is 0 Å². The zero-order valence-electron chi connectivity index (χ0n) is 15.8. The Balaban J connectivity index is 1.83. The minimum atomic E-state index is -0.386. The first kappa shape index (κ1) is 18.6. The molecule has 1 unspecified atom stereocenters. The number of methoxy groups -OCH3 is 1. The van der Waals surface area contributed by atoms with Crippen LogP contribution in [0.5, 0.6) is 5.88 Å². The van der Waals surface area contributed by atoms with Crippen LogP contribution in [0.3, 0.4) is 0 Å². The molecule has 0 aliphatic carbocycles. The fourth-order valence-electron chi connectivity index (χ4n) is 3.59. The summed E-state index contributed by atoms with van der Waals surface area (Å²) in [5.41, 5.74) is 9.62. The van der Waals surface area contributed by atoms with Crippen LogP contribution in [-0.4, -0.2) is 33.1 Å². The third-order valence-electron chi connectivity index (χ3n) is 4.83. The summed E-state index contributed by atoms with van der Waals surface area (Å²) >= 11 is 0. The Morgan fingerprint density at radius 1 is 1.24 bits per heavy atom. The van der Waals surface area contributed by atoms with Crippen LogP contribution in [0.25, 0.3) is 11.3 Å². The lowest BCUT2D eigenvalue weighted by atomic mass is 9.90. The van der Waals surface area contributed by atoms with Crippen molar-refractivity contribution >= 4 is 11.8 Å². The largest absolute Gasteiger partial charge is 0.481 e. The van der Waals surface area contributed by atoms with E-state index in [0.29, 0.717) is 40.5 Å². The molecule has 9 heteroatoms. The molecule has 2 aromatic heterocycles. The van der Waals surface area contributed by atoms with E-state index >= 15 is 0 Å². The number of nitrogens with zero attached hydrogens (tertiary/aromatic N) is 4. The molecule has 0 saturated heterocycles. The zero-order chi connectivity index (χ0) is 20.5. The lowest BCUT2D eigenvalue weighted by Gasteiger charge is -2.29. The van der Waals surface area contributed by atoms with Crippen molar-refractivity contribution in [1.82, 2.24) is 20.3 Å². The summed E-state index contributed by atoms with van der Waals surface area (Å²) < 4.78 is 19.3. The van der Waals surface area contributed by atoms with Gasteiger partial charge in [-0.15, -0.1) is 0 Å². The first-order valence-corrected chi connectivity index (χ1v) is 8.93. The highest BCUT2D eigenvalue weighted by molar-refractivity contribution is 6.01. The van der Waals surface area contributed by atoms with Gasteiger partial charge in [0.15, 0.2) is 5.84 Å². The van der Waals surface area contributed by atoms with Crippen LogP contribution in [0.4, 0.5) is 10.3 Å². The molecule has 1 aliphatic heterocycles. The molecule has 4 N–H and O–H groups in total. The van der Waals surface area contributed by atoms with Crippen LogP contribution in [0, 0.1) is 12.7 Å². The number of nitrogens with one attached hydrogen (secondary N) is 1. The molecule has 0 saturated carbocycles. The van der Waals surface area contributed by atoms with E-state index in [-0.39, 0.29) is 23.6 Å². The second-order valence-electron chi connectivity index (χ2n) is 6.64. The number of oxime groups is 1. The van der Waals surface area contributed by atoms with Gasteiger partial charge in [-0.25, -0.2) is 19.3 Å². The number of hydrogen-bond donors (Lipinski definition) is 3. The van der Waals surface area contributed by atoms with Crippen molar-refractivity contribution in [2.24, 2.45) is 5.16 Å². The average molecular weight is 394 g/mol. The van der Waals surface area contributed by atoms with Crippen molar-refractivity contribution in [3.05, 3.63) is 64.7 Å². The van der Waals surface area contributed by atoms with Gasteiger partial charge in [-0.05, 0) is 30.7 Å². The summed E-state index contributed by atoms with van der Waals surface area (Å²) in [6.45, 7) is 1.77. The topological polar surface area (TPSA) is 119 Å². The molecular formula is C20H19FN6O2. The third-order valence-corrected chi connectivity index (χ3v) is 4.83. The van der Waals surface area contributed by atoms with E-state index in [1.807, 2.05) is 0 Å². The third kappa shape index (κ3) is 3.42. The number of pyridine rings is 1. The lowest BCUT2D eigenvalue weighted by Crippen LogP contribution is -2.38. The van der Waals surface area contributed by atoms with Crippen molar-refractivity contribution in [2.75, 3.05) is 12.8 Å². The van der Waals surface area contributed by atoms with E-state index in [0.717, 1.165) is 5.56 Å². The van der Waals surface area contributed by atoms with Gasteiger partial charge in [0.1, 0.15) is 5.82 Å². The fraction of sp³-hybridized carbons (Fsp3) is 0.200. The number of nitrogen functional groups attached to an aromatic ring is 1. The molecular weight excluding hydrogens is 375 g/mol. The minimum Gasteiger partial charge on any atom is -0.481 e. The van der Waals surface area contributed by atoms with Gasteiger partial charge in [0.05, 0.1) is 35.8 Å². The van der Waals surface area contributed by atoms with Crippen LogP contribution in [-0.2, 0) is 6.42 Å². The van der Waals surface area contributed by atoms with Gasteiger partial charge < -0.3 is 21.0 Å². The summed E-state index contributed by atoms with van der Waals surface area (Å²) in [6, 6.07) is 9.43. The Bertz CT molecular complexity index is 1120. The van der Waals surface area contributed by atoms with Gasteiger partial charge in [0, 0.05) is 18.1 Å². The number of aryl methyl sites for hydroxylation is 1. The summed E-state index contributed by atoms with van der Waals surface area (Å²) in [6.07, 6.45) is 0.449. The Kier molecular flexibility index (Phi) is 4.71. The summed E-state index contributed by atoms with van der Waals surface area (Å²) in [5.74, 6) is 0.423. The molecule has 0 bridgehead atoms. The van der Waals surface area contributed by atoms with Crippen molar-refractivity contribution in [2.45, 2.75) is 19.4 Å². The highest BCUT2D eigenvalue weighted by Gasteiger charge is 2.30. The van der Waals surface area contributed by atoms with Gasteiger partial charge in [0.25, 0.3) is 0 Å². The summed E-state index contributed by atoms with van der Waals surface area (Å²) in [5, 5.41) is 16.1. The van der Waals surface area contributed by atoms with Gasteiger partial charge >= 0.3 is 0 Å². The molecule has 0 radical (unpaired) electrons. The van der Waals surface area contributed by atoms with Gasteiger partial charge in [-0.1, -0.05) is 17.3 Å². The molecule has 1 atom stereocenters. The molecule has 4 rings (SSSR count). The number of rotatable bonds is 3. The zero-order valence-corrected chi connectivity index (χ0v) is 15.8. The average Bonchev–Trinajstić information content (AvgIpc) is 2.72. The number of hydrogen-bond acceptors (Lipinski definition) is 7. The van der Waals surface area contributed by atoms with Crippen molar-refractivity contribution in [3.8, 4) is 17.1 Å². The molecule has 3 heterocycles. The lowest BCUT2D eigenvalue weighted by molar-refractivity contribution is 0.314. The molecule has 3 aromatic rings. The van der Waals surface area contributed by atoms with Crippen LogP contribution in [0.1, 0.15) is 28.6 Å².